The Bertz CT molecular complexity index is 757. The molecule has 2 aromatic rings. The summed E-state index contributed by atoms with van der Waals surface area (Å²) < 4.78 is 12.2. The summed E-state index contributed by atoms with van der Waals surface area (Å²) >= 11 is 0. The number of ether oxygens (including phenoxy) is 2. The molecule has 8 heteroatoms. The molecule has 0 N–H and O–H groups in total. The zero-order valence-electron chi connectivity index (χ0n) is 14.2. The predicted octanol–water partition coefficient (Wildman–Crippen LogP) is 1.80. The van der Waals surface area contributed by atoms with Crippen LogP contribution in [-0.4, -0.2) is 45.4 Å². The Morgan fingerprint density at radius 1 is 1.36 bits per heavy atom. The SMILES string of the molecule is COC(=O)[C@H]1CCC[C@H](Oc2ccc(-c3nnn(C)c3C=O)nc2)C1. The molecule has 1 aliphatic rings. The van der Waals surface area contributed by atoms with Crippen LogP contribution in [-0.2, 0) is 16.6 Å². The third-order valence-corrected chi connectivity index (χ3v) is 4.42. The molecule has 0 aliphatic heterocycles. The Hall–Kier alpha value is -2.77. The highest BCUT2D eigenvalue weighted by Gasteiger charge is 2.29. The first-order valence-corrected chi connectivity index (χ1v) is 8.18. The third-order valence-electron chi connectivity index (χ3n) is 4.42. The molecule has 0 bridgehead atoms. The maximum absolute atomic E-state index is 11.7. The average molecular weight is 344 g/mol. The Balaban J connectivity index is 1.68. The zero-order chi connectivity index (χ0) is 17.8. The minimum Gasteiger partial charge on any atom is -0.489 e. The minimum absolute atomic E-state index is 0.0347. The highest BCUT2D eigenvalue weighted by Crippen LogP contribution is 2.29. The normalized spacial score (nSPS) is 20.1. The number of aromatic nitrogens is 4. The van der Waals surface area contributed by atoms with Crippen LogP contribution in [0.15, 0.2) is 18.3 Å². The number of aryl methyl sites for hydroxylation is 1. The fourth-order valence-corrected chi connectivity index (χ4v) is 3.09. The number of rotatable bonds is 5. The van der Waals surface area contributed by atoms with Gasteiger partial charge in [-0.15, -0.1) is 5.10 Å². The third kappa shape index (κ3) is 3.67. The van der Waals surface area contributed by atoms with Gasteiger partial charge in [0.25, 0.3) is 0 Å². The molecule has 2 atom stereocenters. The van der Waals surface area contributed by atoms with Gasteiger partial charge in [0, 0.05) is 7.05 Å². The number of aldehydes is 1. The second kappa shape index (κ2) is 7.42. The van der Waals surface area contributed by atoms with Gasteiger partial charge in [0.05, 0.1) is 31.0 Å². The van der Waals surface area contributed by atoms with Crippen molar-refractivity contribution in [2.45, 2.75) is 31.8 Å². The summed E-state index contributed by atoms with van der Waals surface area (Å²) in [5.41, 5.74) is 1.36. The summed E-state index contributed by atoms with van der Waals surface area (Å²) in [4.78, 5) is 27.1. The summed E-state index contributed by atoms with van der Waals surface area (Å²) in [7, 11) is 3.06. The van der Waals surface area contributed by atoms with Crippen LogP contribution in [0.25, 0.3) is 11.4 Å². The van der Waals surface area contributed by atoms with Gasteiger partial charge in [-0.05, 0) is 37.8 Å². The molecule has 1 fully saturated rings. The van der Waals surface area contributed by atoms with E-state index in [1.54, 1.807) is 25.4 Å². The molecule has 1 saturated carbocycles. The Morgan fingerprint density at radius 3 is 2.88 bits per heavy atom. The zero-order valence-corrected chi connectivity index (χ0v) is 14.2. The molecule has 8 nitrogen and oxygen atoms in total. The second-order valence-electron chi connectivity index (χ2n) is 6.07. The first kappa shape index (κ1) is 17.1. The van der Waals surface area contributed by atoms with E-state index in [0.29, 0.717) is 35.5 Å². The fraction of sp³-hybridized carbons (Fsp3) is 0.471. The van der Waals surface area contributed by atoms with Gasteiger partial charge in [-0.2, -0.15) is 0 Å². The van der Waals surface area contributed by atoms with E-state index in [-0.39, 0.29) is 18.0 Å². The van der Waals surface area contributed by atoms with Gasteiger partial charge in [0.1, 0.15) is 17.1 Å². The van der Waals surface area contributed by atoms with Crippen LogP contribution in [0.1, 0.15) is 36.2 Å². The minimum atomic E-state index is -0.175. The maximum Gasteiger partial charge on any atom is 0.308 e. The molecule has 0 spiro atoms. The van der Waals surface area contributed by atoms with Crippen molar-refractivity contribution in [3.63, 3.8) is 0 Å². The van der Waals surface area contributed by atoms with E-state index in [1.807, 2.05) is 0 Å². The van der Waals surface area contributed by atoms with Crippen molar-refractivity contribution in [1.29, 1.82) is 0 Å². The molecule has 0 saturated heterocycles. The second-order valence-corrected chi connectivity index (χ2v) is 6.07. The van der Waals surface area contributed by atoms with Crippen LogP contribution >= 0.6 is 0 Å². The first-order chi connectivity index (χ1) is 12.1. The molecule has 1 aliphatic carbocycles. The highest BCUT2D eigenvalue weighted by molar-refractivity contribution is 5.82. The number of pyridine rings is 1. The van der Waals surface area contributed by atoms with Crippen molar-refractivity contribution in [3.05, 3.63) is 24.0 Å². The lowest BCUT2D eigenvalue weighted by molar-refractivity contribution is -0.147. The summed E-state index contributed by atoms with van der Waals surface area (Å²) in [5.74, 6) is 0.340. The lowest BCUT2D eigenvalue weighted by atomic mass is 9.87. The maximum atomic E-state index is 11.7. The van der Waals surface area contributed by atoms with Crippen molar-refractivity contribution >= 4 is 12.3 Å². The summed E-state index contributed by atoms with van der Waals surface area (Å²) in [6.07, 6.45) is 5.58. The van der Waals surface area contributed by atoms with Gasteiger partial charge in [-0.1, -0.05) is 5.21 Å². The van der Waals surface area contributed by atoms with Gasteiger partial charge < -0.3 is 9.47 Å². The summed E-state index contributed by atoms with van der Waals surface area (Å²) in [6.45, 7) is 0. The average Bonchev–Trinajstić information content (AvgIpc) is 3.02. The van der Waals surface area contributed by atoms with E-state index in [2.05, 4.69) is 15.3 Å². The van der Waals surface area contributed by atoms with Gasteiger partial charge in [-0.3, -0.25) is 14.6 Å². The predicted molar refractivity (Wildman–Crippen MR) is 88.0 cm³/mol. The molecule has 3 rings (SSSR count). The van der Waals surface area contributed by atoms with Crippen LogP contribution < -0.4 is 4.74 Å². The fourth-order valence-electron chi connectivity index (χ4n) is 3.09. The number of nitrogens with zero attached hydrogens (tertiary/aromatic N) is 4. The number of hydrogen-bond acceptors (Lipinski definition) is 7. The van der Waals surface area contributed by atoms with Crippen LogP contribution in [0, 0.1) is 5.92 Å². The van der Waals surface area contributed by atoms with E-state index >= 15 is 0 Å². The number of hydrogen-bond donors (Lipinski definition) is 0. The van der Waals surface area contributed by atoms with Crippen LogP contribution in [0.5, 0.6) is 5.75 Å². The Kier molecular flexibility index (Phi) is 5.06. The number of methoxy groups -OCH3 is 1. The largest absolute Gasteiger partial charge is 0.489 e. The lowest BCUT2D eigenvalue weighted by Crippen LogP contribution is -2.30. The van der Waals surface area contributed by atoms with E-state index in [1.165, 1.54) is 11.8 Å². The molecular formula is C17H20N4O4. The molecular weight excluding hydrogens is 324 g/mol. The van der Waals surface area contributed by atoms with Crippen molar-refractivity contribution in [2.24, 2.45) is 13.0 Å². The molecule has 132 valence electrons. The molecule has 0 aromatic carbocycles. The number of esters is 1. The van der Waals surface area contributed by atoms with Crippen molar-refractivity contribution in [1.82, 2.24) is 20.0 Å². The van der Waals surface area contributed by atoms with Gasteiger partial charge in [0.2, 0.25) is 0 Å². The quantitative estimate of drug-likeness (QED) is 0.603. The van der Waals surface area contributed by atoms with Gasteiger partial charge >= 0.3 is 5.97 Å². The van der Waals surface area contributed by atoms with E-state index in [0.717, 1.165) is 19.3 Å². The standard InChI is InChI=1S/C17H20N4O4/c1-21-15(10-22)16(19-20-21)14-7-6-13(9-18-14)25-12-5-3-4-11(8-12)17(23)24-2/h6-7,9-12H,3-5,8H2,1-2H3/t11-,12-/m0/s1. The van der Waals surface area contributed by atoms with E-state index in [9.17, 15) is 9.59 Å². The monoisotopic (exact) mass is 344 g/mol. The molecule has 2 heterocycles. The van der Waals surface area contributed by atoms with Gasteiger partial charge in [-0.25, -0.2) is 4.68 Å². The van der Waals surface area contributed by atoms with Crippen LogP contribution in [0.4, 0.5) is 0 Å². The first-order valence-electron chi connectivity index (χ1n) is 8.18. The van der Waals surface area contributed by atoms with Crippen molar-refractivity contribution in [3.8, 4) is 17.1 Å². The molecule has 0 amide bonds. The molecule has 0 radical (unpaired) electrons. The topological polar surface area (TPSA) is 96.2 Å². The number of carbonyl (C=O) groups excluding carboxylic acids is 2. The van der Waals surface area contributed by atoms with Crippen molar-refractivity contribution < 1.29 is 19.1 Å². The van der Waals surface area contributed by atoms with Crippen LogP contribution in [0.2, 0.25) is 0 Å². The lowest BCUT2D eigenvalue weighted by Gasteiger charge is -2.27. The van der Waals surface area contributed by atoms with E-state index in [4.69, 9.17) is 9.47 Å². The smallest absolute Gasteiger partial charge is 0.308 e. The molecule has 0 unspecified atom stereocenters. The molecule has 2 aromatic heterocycles. The van der Waals surface area contributed by atoms with Crippen LogP contribution in [0.3, 0.4) is 0 Å². The summed E-state index contributed by atoms with van der Waals surface area (Å²) in [6, 6.07) is 3.53. The molecule has 25 heavy (non-hydrogen) atoms. The highest BCUT2D eigenvalue weighted by atomic mass is 16.5. The Morgan fingerprint density at radius 2 is 2.20 bits per heavy atom. The number of carbonyl (C=O) groups is 2. The van der Waals surface area contributed by atoms with Crippen molar-refractivity contribution in [2.75, 3.05) is 7.11 Å². The Labute approximate surface area is 145 Å². The van der Waals surface area contributed by atoms with Gasteiger partial charge in [0.15, 0.2) is 6.29 Å². The summed E-state index contributed by atoms with van der Waals surface area (Å²) in [5, 5.41) is 7.80. The van der Waals surface area contributed by atoms with E-state index < -0.39 is 0 Å².